The average Bonchev–Trinajstić information content (AvgIpc) is 3.36. The van der Waals surface area contributed by atoms with Crippen molar-refractivity contribution in [3.63, 3.8) is 0 Å². The van der Waals surface area contributed by atoms with Crippen molar-refractivity contribution in [1.29, 1.82) is 0 Å². The van der Waals surface area contributed by atoms with Crippen molar-refractivity contribution < 1.29 is 14.1 Å². The molecule has 6 fully saturated rings. The van der Waals surface area contributed by atoms with Gasteiger partial charge in [0.1, 0.15) is 0 Å². The molecule has 6 nitrogen and oxygen atoms in total. The van der Waals surface area contributed by atoms with E-state index in [1.807, 2.05) is 4.90 Å². The van der Waals surface area contributed by atoms with Crippen LogP contribution in [0, 0.1) is 17.3 Å². The molecule has 6 aliphatic rings. The summed E-state index contributed by atoms with van der Waals surface area (Å²) in [5, 5.41) is 6.75. The SMILES string of the molecule is CC1(C)[C@@H]2C[C@H]3OB(C4CCCN4C(=O)CNC4CCNC4)O[C@@]3(C)[C@H]1C2. The Balaban J connectivity index is 1.24. The number of nitrogens with zero attached hydrogens (tertiary/aromatic N) is 1. The molecule has 27 heavy (non-hydrogen) atoms. The number of amides is 1. The zero-order valence-electron chi connectivity index (χ0n) is 17.0. The van der Waals surface area contributed by atoms with E-state index in [1.54, 1.807) is 0 Å². The van der Waals surface area contributed by atoms with E-state index >= 15 is 0 Å². The molecule has 0 spiro atoms. The third-order valence-electron chi connectivity index (χ3n) is 8.50. The van der Waals surface area contributed by atoms with Gasteiger partial charge in [-0.3, -0.25) is 4.79 Å². The first-order valence-electron chi connectivity index (χ1n) is 11.0. The monoisotopic (exact) mass is 375 g/mol. The Labute approximate surface area is 163 Å². The third kappa shape index (κ3) is 2.80. The zero-order chi connectivity index (χ0) is 18.8. The minimum atomic E-state index is -0.255. The van der Waals surface area contributed by atoms with E-state index in [-0.39, 0.29) is 30.7 Å². The fourth-order valence-electron chi connectivity index (χ4n) is 6.61. The van der Waals surface area contributed by atoms with Crippen LogP contribution in [0.2, 0.25) is 0 Å². The van der Waals surface area contributed by atoms with Crippen molar-refractivity contribution in [3.05, 3.63) is 0 Å². The minimum absolute atomic E-state index is 0.0729. The smallest absolute Gasteiger partial charge is 0.404 e. The molecular formula is C20H34BN3O3. The maximum absolute atomic E-state index is 12.9. The van der Waals surface area contributed by atoms with Gasteiger partial charge >= 0.3 is 7.12 Å². The number of hydrogen-bond donors (Lipinski definition) is 2. The summed E-state index contributed by atoms with van der Waals surface area (Å²) in [7, 11) is -0.255. The molecule has 6 rings (SSSR count). The molecule has 2 unspecified atom stereocenters. The van der Waals surface area contributed by atoms with Crippen molar-refractivity contribution in [3.8, 4) is 0 Å². The zero-order valence-corrected chi connectivity index (χ0v) is 17.0. The maximum Gasteiger partial charge on any atom is 0.481 e. The molecule has 6 atom stereocenters. The second-order valence-electron chi connectivity index (χ2n) is 10.2. The molecule has 0 radical (unpaired) electrons. The van der Waals surface area contributed by atoms with E-state index < -0.39 is 0 Å². The number of hydrogen-bond acceptors (Lipinski definition) is 5. The highest BCUT2D eigenvalue weighted by Crippen LogP contribution is 2.65. The first kappa shape index (κ1) is 18.4. The summed E-state index contributed by atoms with van der Waals surface area (Å²) < 4.78 is 13.1. The fourth-order valence-corrected chi connectivity index (χ4v) is 6.61. The van der Waals surface area contributed by atoms with Crippen LogP contribution >= 0.6 is 0 Å². The van der Waals surface area contributed by atoms with Crippen LogP contribution < -0.4 is 10.6 Å². The van der Waals surface area contributed by atoms with Crippen LogP contribution in [0.5, 0.6) is 0 Å². The van der Waals surface area contributed by atoms with Crippen LogP contribution in [-0.4, -0.2) is 67.8 Å². The molecule has 3 aliphatic heterocycles. The van der Waals surface area contributed by atoms with Gasteiger partial charge in [-0.2, -0.15) is 0 Å². The first-order chi connectivity index (χ1) is 12.9. The molecule has 1 amide bonds. The molecule has 0 aromatic heterocycles. The Kier molecular flexibility index (Phi) is 4.39. The van der Waals surface area contributed by atoms with Gasteiger partial charge in [0, 0.05) is 19.1 Å². The minimum Gasteiger partial charge on any atom is -0.404 e. The second kappa shape index (κ2) is 6.44. The van der Waals surface area contributed by atoms with E-state index in [1.165, 1.54) is 6.42 Å². The van der Waals surface area contributed by atoms with Gasteiger partial charge < -0.3 is 24.8 Å². The van der Waals surface area contributed by atoms with Gasteiger partial charge in [-0.15, -0.1) is 0 Å². The van der Waals surface area contributed by atoms with Crippen molar-refractivity contribution in [2.75, 3.05) is 26.2 Å². The molecule has 2 bridgehead atoms. The van der Waals surface area contributed by atoms with Gasteiger partial charge in [0.25, 0.3) is 0 Å². The number of carbonyl (C=O) groups is 1. The van der Waals surface area contributed by atoms with Gasteiger partial charge in [0.05, 0.1) is 24.2 Å². The van der Waals surface area contributed by atoms with E-state index in [2.05, 4.69) is 31.4 Å². The number of carbonyl (C=O) groups excluding carboxylic acids is 1. The molecule has 150 valence electrons. The average molecular weight is 375 g/mol. The largest absolute Gasteiger partial charge is 0.481 e. The van der Waals surface area contributed by atoms with Gasteiger partial charge in [-0.1, -0.05) is 13.8 Å². The van der Waals surface area contributed by atoms with Crippen LogP contribution in [-0.2, 0) is 14.1 Å². The summed E-state index contributed by atoms with van der Waals surface area (Å²) in [6.07, 6.45) is 5.70. The summed E-state index contributed by atoms with van der Waals surface area (Å²) in [4.78, 5) is 14.9. The van der Waals surface area contributed by atoms with Crippen LogP contribution in [0.1, 0.15) is 52.9 Å². The summed E-state index contributed by atoms with van der Waals surface area (Å²) in [5.74, 6) is 1.60. The third-order valence-corrected chi connectivity index (χ3v) is 8.50. The highest BCUT2D eigenvalue weighted by molar-refractivity contribution is 6.48. The summed E-state index contributed by atoms with van der Waals surface area (Å²) in [6.45, 7) is 10.3. The Bertz CT molecular complexity index is 611. The van der Waals surface area contributed by atoms with E-state index in [4.69, 9.17) is 9.31 Å². The van der Waals surface area contributed by atoms with Gasteiger partial charge in [-0.25, -0.2) is 0 Å². The lowest BCUT2D eigenvalue weighted by Crippen LogP contribution is -2.65. The highest BCUT2D eigenvalue weighted by atomic mass is 16.7. The number of rotatable bonds is 4. The van der Waals surface area contributed by atoms with Crippen LogP contribution in [0.15, 0.2) is 0 Å². The lowest BCUT2D eigenvalue weighted by atomic mass is 9.43. The Morgan fingerprint density at radius 3 is 2.89 bits per heavy atom. The summed E-state index contributed by atoms with van der Waals surface area (Å²) in [6, 6.07) is 0.421. The number of nitrogens with one attached hydrogen (secondary N) is 2. The van der Waals surface area contributed by atoms with Crippen LogP contribution in [0.4, 0.5) is 0 Å². The quantitative estimate of drug-likeness (QED) is 0.723. The molecule has 7 heteroatoms. The molecule has 3 heterocycles. The lowest BCUT2D eigenvalue weighted by Gasteiger charge is -2.64. The Hall–Kier alpha value is -0.625. The normalized spacial score (nSPS) is 45.1. The molecule has 3 saturated heterocycles. The Morgan fingerprint density at radius 1 is 1.30 bits per heavy atom. The standard InChI is InChI=1S/C20H34BN3O3/c1-19(2)13-9-15(19)20(3)16(10-13)26-21(27-20)17-5-4-8-24(17)18(25)12-23-14-6-7-22-11-14/h13-17,22-23H,4-12H2,1-3H3/t13-,14?,15-,16+,17?,20-/m0/s1. The molecule has 3 aliphatic carbocycles. The lowest BCUT2D eigenvalue weighted by molar-refractivity contribution is -0.199. The second-order valence-corrected chi connectivity index (χ2v) is 10.2. The molecule has 2 N–H and O–H groups in total. The van der Waals surface area contributed by atoms with Crippen molar-refractivity contribution >= 4 is 13.0 Å². The maximum atomic E-state index is 12.9. The first-order valence-corrected chi connectivity index (χ1v) is 11.0. The topological polar surface area (TPSA) is 62.8 Å². The molecular weight excluding hydrogens is 341 g/mol. The van der Waals surface area contributed by atoms with E-state index in [0.29, 0.717) is 23.9 Å². The highest BCUT2D eigenvalue weighted by Gasteiger charge is 2.69. The molecule has 3 saturated carbocycles. The summed E-state index contributed by atoms with van der Waals surface area (Å²) >= 11 is 0. The van der Waals surface area contributed by atoms with Gasteiger partial charge in [0.2, 0.25) is 5.91 Å². The predicted molar refractivity (Wildman–Crippen MR) is 104 cm³/mol. The molecule has 0 aromatic carbocycles. The van der Waals surface area contributed by atoms with Crippen LogP contribution in [0.3, 0.4) is 0 Å². The van der Waals surface area contributed by atoms with E-state index in [0.717, 1.165) is 51.2 Å². The van der Waals surface area contributed by atoms with Crippen molar-refractivity contribution in [2.24, 2.45) is 17.3 Å². The van der Waals surface area contributed by atoms with E-state index in [9.17, 15) is 4.79 Å². The van der Waals surface area contributed by atoms with Crippen LogP contribution in [0.25, 0.3) is 0 Å². The van der Waals surface area contributed by atoms with Gasteiger partial charge in [0.15, 0.2) is 0 Å². The Morgan fingerprint density at radius 2 is 2.15 bits per heavy atom. The van der Waals surface area contributed by atoms with Crippen molar-refractivity contribution in [2.45, 2.75) is 76.6 Å². The van der Waals surface area contributed by atoms with Gasteiger partial charge in [-0.05, 0) is 62.8 Å². The van der Waals surface area contributed by atoms with Crippen molar-refractivity contribution in [1.82, 2.24) is 15.5 Å². The number of likely N-dealkylation sites (tertiary alicyclic amines) is 1. The predicted octanol–water partition coefficient (Wildman–Crippen LogP) is 1.20. The summed E-state index contributed by atoms with van der Waals surface area (Å²) in [5.41, 5.74) is 0.169. The fraction of sp³-hybridized carbons (Fsp3) is 0.950. The molecule has 0 aromatic rings.